The van der Waals surface area contributed by atoms with Crippen molar-refractivity contribution in [1.29, 1.82) is 0 Å². The van der Waals surface area contributed by atoms with Gasteiger partial charge in [-0.15, -0.1) is 13.2 Å². The zero-order valence-electron chi connectivity index (χ0n) is 36.7. The lowest BCUT2D eigenvalue weighted by Gasteiger charge is -2.59. The molecule has 0 bridgehead atoms. The summed E-state index contributed by atoms with van der Waals surface area (Å²) in [7, 11) is 0. The van der Waals surface area contributed by atoms with E-state index < -0.39 is 28.8 Å². The van der Waals surface area contributed by atoms with Crippen molar-refractivity contribution in [1.82, 2.24) is 4.90 Å². The van der Waals surface area contributed by atoms with Crippen LogP contribution >= 0.6 is 0 Å². The zero-order valence-corrected chi connectivity index (χ0v) is 36.7. The van der Waals surface area contributed by atoms with Gasteiger partial charge >= 0.3 is 6.09 Å². The quantitative estimate of drug-likeness (QED) is 0.0378. The number of nitrogens with zero attached hydrogens (tertiary/aromatic N) is 3. The molecule has 346 valence electrons. The van der Waals surface area contributed by atoms with Gasteiger partial charge in [0.15, 0.2) is 11.5 Å². The minimum Gasteiger partial charge on any atom is -0.490 e. The topological polar surface area (TPSA) is 181 Å². The molecule has 4 aliphatic rings. The van der Waals surface area contributed by atoms with Gasteiger partial charge in [0.2, 0.25) is 12.6 Å². The van der Waals surface area contributed by atoms with Crippen LogP contribution in [0.5, 0.6) is 23.0 Å². The fourth-order valence-corrected chi connectivity index (χ4v) is 9.64. The van der Waals surface area contributed by atoms with E-state index in [2.05, 4.69) is 25.8 Å². The van der Waals surface area contributed by atoms with Crippen LogP contribution in [0.15, 0.2) is 115 Å². The number of amides is 1. The third kappa shape index (κ3) is 10.5. The Hall–Kier alpha value is -6.16. The summed E-state index contributed by atoms with van der Waals surface area (Å²) in [5, 5.41) is 36.2. The lowest BCUT2D eigenvalue weighted by molar-refractivity contribution is -0.384. The molecule has 15 heteroatoms. The summed E-state index contributed by atoms with van der Waals surface area (Å²) >= 11 is 0. The largest absolute Gasteiger partial charge is 0.490 e. The van der Waals surface area contributed by atoms with Gasteiger partial charge < -0.3 is 43.5 Å². The Morgan fingerprint density at radius 3 is 2.38 bits per heavy atom. The summed E-state index contributed by atoms with van der Waals surface area (Å²) in [6.45, 7) is 12.4. The SMILES string of the molecule is C=CCCOC(=O)N(Cc1ccc2c(c1)OCO2)[C@H]1CC(=NOCc2ccc([N+](=O)[O-])cc2)C2=C[C@H](CCCCO)[C@@H](CCCCO)[C@@H]3c4cc(OCC=C)ccc4O[C@@]1(OCC=C)[C@H]23. The van der Waals surface area contributed by atoms with Crippen molar-refractivity contribution in [3.63, 3.8) is 0 Å². The Balaban J connectivity index is 1.44. The molecule has 0 spiro atoms. The summed E-state index contributed by atoms with van der Waals surface area (Å²) in [4.78, 5) is 33.5. The smallest absolute Gasteiger partial charge is 0.410 e. The van der Waals surface area contributed by atoms with Gasteiger partial charge in [-0.2, -0.15) is 0 Å². The number of nitro benzene ring substituents is 1. The van der Waals surface area contributed by atoms with E-state index in [1.807, 2.05) is 36.4 Å². The summed E-state index contributed by atoms with van der Waals surface area (Å²) in [5.41, 5.74) is 3.71. The number of rotatable bonds is 24. The number of hydrogen-bond donors (Lipinski definition) is 2. The van der Waals surface area contributed by atoms with Crippen molar-refractivity contribution in [2.75, 3.05) is 39.8 Å². The summed E-state index contributed by atoms with van der Waals surface area (Å²) in [6.07, 6.45) is 11.5. The first kappa shape index (κ1) is 46.8. The van der Waals surface area contributed by atoms with Crippen LogP contribution in [0.25, 0.3) is 0 Å². The monoisotopic (exact) mass is 893 g/mol. The molecule has 15 nitrogen and oxygen atoms in total. The maximum atomic E-state index is 14.8. The molecule has 2 aliphatic heterocycles. The van der Waals surface area contributed by atoms with E-state index in [1.165, 1.54) is 12.1 Å². The second kappa shape index (κ2) is 22.2. The van der Waals surface area contributed by atoms with Crippen LogP contribution in [0.3, 0.4) is 0 Å². The Labute approximate surface area is 379 Å². The number of unbranched alkanes of at least 4 members (excludes halogenated alkanes) is 2. The number of hydrogen-bond acceptors (Lipinski definition) is 13. The Kier molecular flexibility index (Phi) is 16.0. The van der Waals surface area contributed by atoms with Crippen molar-refractivity contribution >= 4 is 17.5 Å². The van der Waals surface area contributed by atoms with Crippen molar-refractivity contribution < 1.29 is 53.2 Å². The number of carbonyl (C=O) groups excluding carboxylic acids is 1. The van der Waals surface area contributed by atoms with E-state index in [9.17, 15) is 25.1 Å². The fourth-order valence-electron chi connectivity index (χ4n) is 9.64. The Morgan fingerprint density at radius 1 is 0.908 bits per heavy atom. The van der Waals surface area contributed by atoms with Gasteiger partial charge in [0.1, 0.15) is 30.8 Å². The molecule has 0 radical (unpaired) electrons. The minimum atomic E-state index is -1.54. The van der Waals surface area contributed by atoms with Crippen molar-refractivity contribution in [2.24, 2.45) is 22.9 Å². The molecule has 0 unspecified atom stereocenters. The highest BCUT2D eigenvalue weighted by atomic mass is 16.7. The number of carbonyl (C=O) groups is 1. The molecule has 6 atom stereocenters. The van der Waals surface area contributed by atoms with Crippen LogP contribution in [0.4, 0.5) is 10.5 Å². The van der Waals surface area contributed by atoms with Crippen LogP contribution in [0.2, 0.25) is 0 Å². The average Bonchev–Trinajstić information content (AvgIpc) is 3.79. The molecule has 65 heavy (non-hydrogen) atoms. The molecule has 2 heterocycles. The molecule has 1 amide bonds. The summed E-state index contributed by atoms with van der Waals surface area (Å²) in [6, 6.07) is 16.5. The molecular weight excluding hydrogens is 835 g/mol. The number of ether oxygens (including phenoxy) is 6. The highest BCUT2D eigenvalue weighted by Crippen LogP contribution is 2.62. The van der Waals surface area contributed by atoms with E-state index in [1.54, 1.807) is 35.3 Å². The molecule has 3 aromatic rings. The number of fused-ring (bicyclic) bond motifs is 3. The van der Waals surface area contributed by atoms with E-state index in [0.717, 1.165) is 42.4 Å². The first-order chi connectivity index (χ1) is 31.7. The number of benzene rings is 3. The second-order valence-electron chi connectivity index (χ2n) is 16.6. The van der Waals surface area contributed by atoms with Crippen LogP contribution in [-0.2, 0) is 27.5 Å². The molecule has 1 fully saturated rings. The van der Waals surface area contributed by atoms with Gasteiger partial charge in [0.25, 0.3) is 5.69 Å². The third-order valence-corrected chi connectivity index (χ3v) is 12.5. The molecular formula is C50H59N3O12. The number of nitro groups is 1. The van der Waals surface area contributed by atoms with Gasteiger partial charge in [-0.25, -0.2) is 4.79 Å². The Bertz CT molecular complexity index is 2230. The lowest BCUT2D eigenvalue weighted by Crippen LogP contribution is -2.70. The number of aliphatic hydroxyl groups excluding tert-OH is 2. The lowest BCUT2D eigenvalue weighted by atomic mass is 9.55. The second-order valence-corrected chi connectivity index (χ2v) is 16.6. The van der Waals surface area contributed by atoms with Crippen LogP contribution in [0, 0.1) is 27.9 Å². The zero-order chi connectivity index (χ0) is 45.8. The molecule has 0 saturated heterocycles. The summed E-state index contributed by atoms with van der Waals surface area (Å²) < 4.78 is 37.9. The average molecular weight is 894 g/mol. The minimum absolute atomic E-state index is 0.00215. The maximum Gasteiger partial charge on any atom is 0.410 e. The van der Waals surface area contributed by atoms with Crippen LogP contribution in [-0.4, -0.2) is 83.5 Å². The molecule has 3 aromatic carbocycles. The predicted octanol–water partition coefficient (Wildman–Crippen LogP) is 8.94. The highest BCUT2D eigenvalue weighted by Gasteiger charge is 2.65. The predicted molar refractivity (Wildman–Crippen MR) is 243 cm³/mol. The van der Waals surface area contributed by atoms with Gasteiger partial charge in [-0.1, -0.05) is 54.9 Å². The van der Waals surface area contributed by atoms with Gasteiger partial charge in [-0.05, 0) is 103 Å². The van der Waals surface area contributed by atoms with Crippen molar-refractivity contribution in [3.8, 4) is 23.0 Å². The standard InChI is InChI=1S/C50H59N3O12/c1-4-7-26-60-49(56)52(31-35-16-20-44-45(27-35)62-33-61-44)46-30-42(51-64-32-34-14-17-37(18-15-34)53(57)58)40-28-36(12-8-10-22-54)39(13-9-11-23-55)47-41-29-38(59-24-5-2)19-21-43(41)65-50(46,48(40)47)63-25-6-3/h4-6,14-21,27-29,36,39,46-48,54-55H,1-3,7-13,22-26,30-33H2/t36-,39+,46-,47+,48+,50+/m0/s1. The van der Waals surface area contributed by atoms with Crippen LogP contribution in [0.1, 0.15) is 74.0 Å². The number of aliphatic hydroxyl groups is 2. The molecule has 2 N–H and O–H groups in total. The number of oxime groups is 1. The molecule has 0 aromatic heterocycles. The van der Waals surface area contributed by atoms with E-state index >= 15 is 0 Å². The fraction of sp³-hybridized carbons (Fsp3) is 0.440. The number of allylic oxidation sites excluding steroid dienone is 1. The first-order valence-electron chi connectivity index (χ1n) is 22.3. The third-order valence-electron chi connectivity index (χ3n) is 12.5. The van der Waals surface area contributed by atoms with Crippen molar-refractivity contribution in [3.05, 3.63) is 137 Å². The molecule has 2 aliphatic carbocycles. The molecule has 7 rings (SSSR count). The van der Waals surface area contributed by atoms with Crippen molar-refractivity contribution in [2.45, 2.75) is 82.3 Å². The van der Waals surface area contributed by atoms with E-state index in [-0.39, 0.29) is 76.2 Å². The van der Waals surface area contributed by atoms with E-state index in [0.29, 0.717) is 60.1 Å². The number of non-ortho nitro benzene ring substituents is 1. The first-order valence-corrected chi connectivity index (χ1v) is 22.3. The maximum absolute atomic E-state index is 14.8. The van der Waals surface area contributed by atoms with Gasteiger partial charge in [0, 0.05) is 49.8 Å². The molecule has 1 saturated carbocycles. The Morgan fingerprint density at radius 2 is 1.65 bits per heavy atom. The summed E-state index contributed by atoms with van der Waals surface area (Å²) in [5.74, 6) is -0.0669. The van der Waals surface area contributed by atoms with Crippen LogP contribution < -0.4 is 18.9 Å². The van der Waals surface area contributed by atoms with E-state index in [4.69, 9.17) is 38.4 Å². The van der Waals surface area contributed by atoms with Gasteiger partial charge in [-0.3, -0.25) is 15.0 Å². The van der Waals surface area contributed by atoms with Gasteiger partial charge in [0.05, 0.1) is 29.8 Å². The highest BCUT2D eigenvalue weighted by molar-refractivity contribution is 6.03. The normalized spacial score (nSPS) is 23.0.